The number of alkyl carbamates (subject to hydrolysis) is 1. The zero-order valence-corrected chi connectivity index (χ0v) is 32.5. The molecule has 0 aliphatic carbocycles. The summed E-state index contributed by atoms with van der Waals surface area (Å²) >= 11 is 0. The van der Waals surface area contributed by atoms with Crippen molar-refractivity contribution in [2.45, 2.75) is 103 Å². The van der Waals surface area contributed by atoms with Gasteiger partial charge in [-0.05, 0) is 49.9 Å². The van der Waals surface area contributed by atoms with Crippen LogP contribution in [-0.2, 0) is 69.1 Å². The van der Waals surface area contributed by atoms with E-state index in [1.807, 2.05) is 121 Å². The zero-order chi connectivity index (χ0) is 39.4. The van der Waals surface area contributed by atoms with Gasteiger partial charge >= 0.3 is 12.1 Å². The monoisotopic (exact) mass is 767 g/mol. The molecule has 7 atom stereocenters. The van der Waals surface area contributed by atoms with Crippen LogP contribution in [-0.4, -0.2) is 67.3 Å². The Balaban J connectivity index is 1.20. The average molecular weight is 768 g/mol. The van der Waals surface area contributed by atoms with Crippen molar-refractivity contribution in [2.75, 3.05) is 13.2 Å². The fourth-order valence-electron chi connectivity index (χ4n) is 6.77. The van der Waals surface area contributed by atoms with E-state index in [9.17, 15) is 9.59 Å². The minimum Gasteiger partial charge on any atom is -0.459 e. The second-order valence-corrected chi connectivity index (χ2v) is 15.3. The number of hydrogen-bond donors (Lipinski definition) is 1. The summed E-state index contributed by atoms with van der Waals surface area (Å²) in [5.41, 5.74) is 3.08. The van der Waals surface area contributed by atoms with Crippen molar-refractivity contribution in [2.24, 2.45) is 5.92 Å². The van der Waals surface area contributed by atoms with Gasteiger partial charge in [-0.1, -0.05) is 121 Å². The van der Waals surface area contributed by atoms with Crippen LogP contribution < -0.4 is 5.32 Å². The Kier molecular flexibility index (Phi) is 14.3. The summed E-state index contributed by atoms with van der Waals surface area (Å²) in [5.74, 6) is -2.23. The zero-order valence-electron chi connectivity index (χ0n) is 32.5. The number of carbonyl (C=O) groups is 2. The van der Waals surface area contributed by atoms with Crippen LogP contribution in [0.4, 0.5) is 4.79 Å². The first-order valence-electron chi connectivity index (χ1n) is 19.1. The molecule has 1 amide bonds. The van der Waals surface area contributed by atoms with E-state index < -0.39 is 54.1 Å². The van der Waals surface area contributed by atoms with Crippen LogP contribution >= 0.6 is 0 Å². The Bertz CT molecular complexity index is 1790. The topological polar surface area (TPSA) is 120 Å². The van der Waals surface area contributed by atoms with Crippen molar-refractivity contribution in [1.82, 2.24) is 5.32 Å². The van der Waals surface area contributed by atoms with Gasteiger partial charge in [-0.2, -0.15) is 0 Å². The number of nitrogens with one attached hydrogen (secondary N) is 1. The van der Waals surface area contributed by atoms with Gasteiger partial charge in [0.1, 0.15) is 24.4 Å². The van der Waals surface area contributed by atoms with Gasteiger partial charge in [0.25, 0.3) is 0 Å². The third-order valence-corrected chi connectivity index (χ3v) is 9.46. The summed E-state index contributed by atoms with van der Waals surface area (Å²) in [4.78, 5) is 26.3. The van der Waals surface area contributed by atoms with Crippen LogP contribution in [0.1, 0.15) is 56.4 Å². The lowest BCUT2D eigenvalue weighted by atomic mass is 9.87. The molecule has 11 nitrogen and oxygen atoms in total. The molecule has 0 unspecified atom stereocenters. The lowest BCUT2D eigenvalue weighted by Gasteiger charge is -2.43. The lowest BCUT2D eigenvalue weighted by molar-refractivity contribution is -0.317. The van der Waals surface area contributed by atoms with E-state index in [0.717, 1.165) is 22.3 Å². The predicted molar refractivity (Wildman–Crippen MR) is 208 cm³/mol. The number of carbonyl (C=O) groups excluding carboxylic acids is 2. The van der Waals surface area contributed by atoms with E-state index in [0.29, 0.717) is 26.2 Å². The van der Waals surface area contributed by atoms with Gasteiger partial charge in [0.15, 0.2) is 18.1 Å². The molecule has 0 aromatic heterocycles. The third-order valence-electron chi connectivity index (χ3n) is 9.46. The van der Waals surface area contributed by atoms with E-state index >= 15 is 0 Å². The number of hydrogen-bond acceptors (Lipinski definition) is 10. The van der Waals surface area contributed by atoms with Crippen molar-refractivity contribution in [3.63, 3.8) is 0 Å². The van der Waals surface area contributed by atoms with Crippen LogP contribution in [0.2, 0.25) is 0 Å². The maximum absolute atomic E-state index is 13.4. The standard InChI is InChI=1S/C45H53NO10/c1-44(2,3)56-43(48)46-37(41(47)52-29-35-23-15-8-16-24-35)30-53-45(4)25-36-39(50-27-33-19-11-6-12-20-33)40(51-28-34-21-13-7-14-22-34)38(54-42(36)55-45)31-49-26-32-17-9-5-10-18-32/h5-24,36-40,42H,25-31H2,1-4H3,(H,46,48)/t36-,37+,38-,39-,40+,42-,45-/m1/s1. The highest BCUT2D eigenvalue weighted by molar-refractivity contribution is 5.81. The Morgan fingerprint density at radius 1 is 0.732 bits per heavy atom. The van der Waals surface area contributed by atoms with Crippen molar-refractivity contribution in [3.8, 4) is 0 Å². The molecular weight excluding hydrogens is 714 g/mol. The van der Waals surface area contributed by atoms with Gasteiger partial charge in [-0.25, -0.2) is 9.59 Å². The number of rotatable bonds is 17. The normalized spacial score (nSPS) is 23.8. The molecule has 4 aromatic carbocycles. The van der Waals surface area contributed by atoms with Crippen molar-refractivity contribution in [1.29, 1.82) is 0 Å². The van der Waals surface area contributed by atoms with Crippen LogP contribution in [0.15, 0.2) is 121 Å². The number of benzene rings is 4. The molecule has 2 aliphatic rings. The molecule has 2 saturated heterocycles. The van der Waals surface area contributed by atoms with E-state index in [-0.39, 0.29) is 25.7 Å². The maximum atomic E-state index is 13.4. The van der Waals surface area contributed by atoms with Gasteiger partial charge < -0.3 is 43.2 Å². The summed E-state index contributed by atoms with van der Waals surface area (Å²) < 4.78 is 50.4. The molecule has 0 bridgehead atoms. The predicted octanol–water partition coefficient (Wildman–Crippen LogP) is 7.50. The maximum Gasteiger partial charge on any atom is 0.408 e. The number of ether oxygens (including phenoxy) is 8. The first kappa shape index (κ1) is 41.0. The van der Waals surface area contributed by atoms with Gasteiger partial charge in [0, 0.05) is 12.3 Å². The summed E-state index contributed by atoms with van der Waals surface area (Å²) in [6, 6.07) is 38.0. The second-order valence-electron chi connectivity index (χ2n) is 15.3. The number of amides is 1. The molecule has 1 N–H and O–H groups in total. The van der Waals surface area contributed by atoms with Crippen LogP contribution in [0, 0.1) is 5.92 Å². The highest BCUT2D eigenvalue weighted by atomic mass is 16.8. The van der Waals surface area contributed by atoms with E-state index in [2.05, 4.69) is 5.32 Å². The highest BCUT2D eigenvalue weighted by Gasteiger charge is 2.56. The first-order valence-corrected chi connectivity index (χ1v) is 19.1. The molecule has 4 aromatic rings. The first-order chi connectivity index (χ1) is 27.0. The molecule has 0 radical (unpaired) electrons. The molecule has 11 heteroatoms. The van der Waals surface area contributed by atoms with Gasteiger partial charge in [0.2, 0.25) is 0 Å². The molecule has 2 fully saturated rings. The van der Waals surface area contributed by atoms with Gasteiger partial charge in [0.05, 0.1) is 39.1 Å². The van der Waals surface area contributed by atoms with E-state index in [1.54, 1.807) is 27.7 Å². The minimum atomic E-state index is -1.24. The number of esters is 1. The summed E-state index contributed by atoms with van der Waals surface area (Å²) in [5, 5.41) is 2.64. The smallest absolute Gasteiger partial charge is 0.408 e. The average Bonchev–Trinajstić information content (AvgIpc) is 3.53. The highest BCUT2D eigenvalue weighted by Crippen LogP contribution is 2.45. The molecule has 298 valence electrons. The fourth-order valence-corrected chi connectivity index (χ4v) is 6.77. The Labute approximate surface area is 329 Å². The third kappa shape index (κ3) is 12.2. The minimum absolute atomic E-state index is 0.0243. The quantitative estimate of drug-likeness (QED) is 0.108. The molecule has 0 saturated carbocycles. The number of fused-ring (bicyclic) bond motifs is 1. The van der Waals surface area contributed by atoms with E-state index in [1.165, 1.54) is 0 Å². The summed E-state index contributed by atoms with van der Waals surface area (Å²) in [6.45, 7) is 8.09. The molecule has 6 rings (SSSR count). The molecule has 0 spiro atoms. The Hall–Kier alpha value is -4.62. The van der Waals surface area contributed by atoms with E-state index in [4.69, 9.17) is 37.9 Å². The van der Waals surface area contributed by atoms with Crippen LogP contribution in [0.25, 0.3) is 0 Å². The summed E-state index contributed by atoms with van der Waals surface area (Å²) in [7, 11) is 0. The van der Waals surface area contributed by atoms with Crippen molar-refractivity contribution < 1.29 is 47.5 Å². The largest absolute Gasteiger partial charge is 0.459 e. The molecular formula is C45H53NO10. The van der Waals surface area contributed by atoms with Gasteiger partial charge in [-0.3, -0.25) is 0 Å². The van der Waals surface area contributed by atoms with Crippen LogP contribution in [0.3, 0.4) is 0 Å². The summed E-state index contributed by atoms with van der Waals surface area (Å²) in [6.07, 6.45) is -2.75. The molecule has 2 aliphatic heterocycles. The second kappa shape index (κ2) is 19.5. The Morgan fingerprint density at radius 2 is 1.23 bits per heavy atom. The van der Waals surface area contributed by atoms with Crippen LogP contribution in [0.5, 0.6) is 0 Å². The molecule has 56 heavy (non-hydrogen) atoms. The fraction of sp³-hybridized carbons (Fsp3) is 0.422. The molecule has 2 heterocycles. The van der Waals surface area contributed by atoms with Gasteiger partial charge in [-0.15, -0.1) is 0 Å². The lowest BCUT2D eigenvalue weighted by Crippen LogP contribution is -2.56. The van der Waals surface area contributed by atoms with Crippen molar-refractivity contribution >= 4 is 12.1 Å². The Morgan fingerprint density at radius 3 is 1.77 bits per heavy atom. The van der Waals surface area contributed by atoms with Crippen molar-refractivity contribution in [3.05, 3.63) is 144 Å². The SMILES string of the molecule is CC(C)(C)OC(=O)N[C@@H](CO[C@@]1(C)C[C@H]2[C@H](O[C@H](COCc3ccccc3)[C@H](OCc3ccccc3)[C@@H]2OCc2ccccc2)O1)C(=O)OCc1ccccc1.